The minimum atomic E-state index is -1.71. The summed E-state index contributed by atoms with van der Waals surface area (Å²) in [7, 11) is -1.71. The van der Waals surface area contributed by atoms with Crippen molar-refractivity contribution < 1.29 is 28.2 Å². The Morgan fingerprint density at radius 1 is 0.714 bits per heavy atom. The summed E-state index contributed by atoms with van der Waals surface area (Å²) in [4.78, 5) is 12.5. The lowest BCUT2D eigenvalue weighted by molar-refractivity contribution is -0.143. The zero-order valence-corrected chi connectivity index (χ0v) is 33.0. The number of aryl methyl sites for hydroxylation is 4. The molecule has 1 N–H and O–H groups in total. The lowest BCUT2D eigenvalue weighted by atomic mass is 9.81. The van der Waals surface area contributed by atoms with Crippen LogP contribution in [0.4, 0.5) is 0 Å². The number of carbonyl (C=O) groups excluding carboxylic acids is 1. The number of phenols is 1. The van der Waals surface area contributed by atoms with Crippen LogP contribution in [0, 0.1) is 20.8 Å². The van der Waals surface area contributed by atoms with Gasteiger partial charge >= 0.3 is 14.6 Å². The maximum absolute atomic E-state index is 12.5. The van der Waals surface area contributed by atoms with E-state index >= 15 is 0 Å². The summed E-state index contributed by atoms with van der Waals surface area (Å²) >= 11 is 0. The lowest BCUT2D eigenvalue weighted by Gasteiger charge is -2.32. The minimum Gasteiger partial charge on any atom is -0.507 e. The van der Waals surface area contributed by atoms with Crippen LogP contribution in [0.1, 0.15) is 138 Å². The number of unbranched alkanes of at least 4 members (excludes halogenated alkanes) is 2. The van der Waals surface area contributed by atoms with Gasteiger partial charge in [-0.1, -0.05) is 110 Å². The Morgan fingerprint density at radius 3 is 1.73 bits per heavy atom. The van der Waals surface area contributed by atoms with Gasteiger partial charge in [0, 0.05) is 24.0 Å². The highest BCUT2D eigenvalue weighted by molar-refractivity contribution is 7.42. The Hall–Kier alpha value is -3.08. The van der Waals surface area contributed by atoms with E-state index in [0.29, 0.717) is 31.8 Å². The number of esters is 1. The Bertz CT molecular complexity index is 1570. The van der Waals surface area contributed by atoms with E-state index in [9.17, 15) is 9.90 Å². The fraction of sp³-hybridized carbons (Fsp3) is 0.548. The van der Waals surface area contributed by atoms with E-state index in [1.807, 2.05) is 19.1 Å². The van der Waals surface area contributed by atoms with E-state index in [1.54, 1.807) is 0 Å². The molecule has 0 atom stereocenters. The van der Waals surface area contributed by atoms with Gasteiger partial charge in [0.15, 0.2) is 0 Å². The first kappa shape index (κ1) is 38.7. The lowest BCUT2D eigenvalue weighted by Crippen LogP contribution is -2.19. The molecule has 1 heterocycles. The quantitative estimate of drug-likeness (QED) is 0.130. The second kappa shape index (κ2) is 15.4. The molecule has 0 saturated heterocycles. The molecule has 0 aromatic heterocycles. The van der Waals surface area contributed by atoms with E-state index < -0.39 is 8.60 Å². The third-order valence-electron chi connectivity index (χ3n) is 8.98. The maximum Gasteiger partial charge on any atom is 0.463 e. The van der Waals surface area contributed by atoms with Gasteiger partial charge in [-0.15, -0.1) is 0 Å². The highest BCUT2D eigenvalue weighted by Gasteiger charge is 2.33. The molecule has 3 aromatic carbocycles. The van der Waals surface area contributed by atoms with Crippen LogP contribution in [-0.4, -0.2) is 24.3 Å². The van der Waals surface area contributed by atoms with E-state index in [0.717, 1.165) is 76.1 Å². The number of rotatable bonds is 10. The highest BCUT2D eigenvalue weighted by Crippen LogP contribution is 2.52. The van der Waals surface area contributed by atoms with Crippen LogP contribution < -0.4 is 9.05 Å². The van der Waals surface area contributed by atoms with Crippen LogP contribution in [0.2, 0.25) is 0 Å². The third-order valence-corrected chi connectivity index (χ3v) is 10.0. The molecule has 49 heavy (non-hydrogen) atoms. The van der Waals surface area contributed by atoms with Gasteiger partial charge in [0.05, 0.1) is 13.2 Å². The SMILES string of the molecule is Cc1cc2c(c(C(C)(C)C)c1)OP(OCCCCCOC(=O)CCc1cc(C)c(O)c(C(C)(C)C)c1)Oc1c(cc(C)cc1C(C)(C)C)C2. The average molecular weight is 691 g/mol. The van der Waals surface area contributed by atoms with E-state index in [-0.39, 0.29) is 22.2 Å². The molecule has 0 saturated carbocycles. The van der Waals surface area contributed by atoms with Crippen molar-refractivity contribution in [3.05, 3.63) is 86.5 Å². The molecule has 0 amide bonds. The van der Waals surface area contributed by atoms with E-state index in [2.05, 4.69) is 100 Å². The smallest absolute Gasteiger partial charge is 0.463 e. The van der Waals surface area contributed by atoms with Crippen LogP contribution in [0.3, 0.4) is 0 Å². The first-order valence-electron chi connectivity index (χ1n) is 17.8. The molecule has 0 aliphatic carbocycles. The summed E-state index contributed by atoms with van der Waals surface area (Å²) in [5.41, 5.74) is 9.44. The van der Waals surface area contributed by atoms with Gasteiger partial charge in [0.1, 0.15) is 17.2 Å². The summed E-state index contributed by atoms with van der Waals surface area (Å²) in [5, 5.41) is 10.5. The van der Waals surface area contributed by atoms with E-state index in [1.165, 1.54) is 11.1 Å². The predicted octanol–water partition coefficient (Wildman–Crippen LogP) is 11.2. The molecule has 268 valence electrons. The number of hydrogen-bond donors (Lipinski definition) is 1. The van der Waals surface area contributed by atoms with Gasteiger partial charge in [0.25, 0.3) is 0 Å². The molecule has 7 heteroatoms. The van der Waals surface area contributed by atoms with Gasteiger partial charge in [0.2, 0.25) is 0 Å². The number of hydrogen-bond acceptors (Lipinski definition) is 6. The maximum atomic E-state index is 12.5. The summed E-state index contributed by atoms with van der Waals surface area (Å²) in [6.07, 6.45) is 4.03. The number of benzene rings is 3. The predicted molar refractivity (Wildman–Crippen MR) is 201 cm³/mol. The minimum absolute atomic E-state index is 0.113. The van der Waals surface area contributed by atoms with Crippen LogP contribution in [0.5, 0.6) is 17.2 Å². The molecule has 1 aliphatic heterocycles. The van der Waals surface area contributed by atoms with Crippen molar-refractivity contribution in [3.63, 3.8) is 0 Å². The van der Waals surface area contributed by atoms with Gasteiger partial charge in [-0.05, 0) is 90.5 Å². The molecule has 0 spiro atoms. The van der Waals surface area contributed by atoms with Gasteiger partial charge in [-0.25, -0.2) is 0 Å². The molecule has 0 fully saturated rings. The topological polar surface area (TPSA) is 74.2 Å². The van der Waals surface area contributed by atoms with Crippen LogP contribution >= 0.6 is 8.60 Å². The molecular formula is C42H59O6P. The first-order chi connectivity index (χ1) is 22.7. The Balaban J connectivity index is 1.36. The Morgan fingerprint density at radius 2 is 1.22 bits per heavy atom. The third kappa shape index (κ3) is 10.2. The average Bonchev–Trinajstić information content (AvgIpc) is 2.96. The number of ether oxygens (including phenoxy) is 1. The first-order valence-corrected chi connectivity index (χ1v) is 18.9. The Labute approximate surface area is 296 Å². The van der Waals surface area contributed by atoms with E-state index in [4.69, 9.17) is 18.3 Å². The zero-order chi connectivity index (χ0) is 36.3. The number of fused-ring (bicyclic) bond motifs is 2. The van der Waals surface area contributed by atoms with Crippen LogP contribution in [-0.2, 0) is 43.1 Å². The summed E-state index contributed by atoms with van der Waals surface area (Å²) in [6.45, 7) is 26.6. The van der Waals surface area contributed by atoms with Crippen LogP contribution in [0.25, 0.3) is 0 Å². The number of aromatic hydroxyl groups is 1. The molecule has 4 rings (SSSR count). The van der Waals surface area contributed by atoms with Crippen molar-refractivity contribution in [2.75, 3.05) is 13.2 Å². The molecule has 3 aromatic rings. The van der Waals surface area contributed by atoms with Crippen molar-refractivity contribution in [2.45, 2.75) is 138 Å². The molecule has 0 bridgehead atoms. The fourth-order valence-corrected chi connectivity index (χ4v) is 7.46. The van der Waals surface area contributed by atoms with Crippen molar-refractivity contribution in [3.8, 4) is 17.2 Å². The molecule has 0 unspecified atom stereocenters. The number of phenolic OH excluding ortho intramolecular Hbond substituents is 1. The molecular weight excluding hydrogens is 631 g/mol. The molecule has 0 radical (unpaired) electrons. The van der Waals surface area contributed by atoms with Crippen molar-refractivity contribution in [1.82, 2.24) is 0 Å². The normalized spacial score (nSPS) is 13.9. The zero-order valence-electron chi connectivity index (χ0n) is 32.1. The summed E-state index contributed by atoms with van der Waals surface area (Å²) in [6, 6.07) is 12.9. The van der Waals surface area contributed by atoms with Gasteiger partial charge in [-0.3, -0.25) is 9.32 Å². The van der Waals surface area contributed by atoms with Crippen molar-refractivity contribution >= 4 is 14.6 Å². The summed E-state index contributed by atoms with van der Waals surface area (Å²) < 4.78 is 25.4. The second-order valence-corrected chi connectivity index (χ2v) is 17.9. The standard InChI is InChI=1S/C42H59O6P/c1-27-20-31-26-32-21-28(2)23-35(42(10,11)12)39(32)48-49(47-38(31)34(22-27)41(7,8)9)46-19-15-13-14-18-45-36(43)17-16-30-24-29(3)37(44)33(25-30)40(4,5)6/h20-25,44H,13-19,26H2,1-12H3. The monoisotopic (exact) mass is 690 g/mol. The van der Waals surface area contributed by atoms with Crippen molar-refractivity contribution in [1.29, 1.82) is 0 Å². The highest BCUT2D eigenvalue weighted by atomic mass is 31.2. The molecule has 1 aliphatic rings. The van der Waals surface area contributed by atoms with Gasteiger partial charge in [-0.2, -0.15) is 0 Å². The largest absolute Gasteiger partial charge is 0.507 e. The second-order valence-electron chi connectivity index (χ2n) is 16.9. The van der Waals surface area contributed by atoms with Gasteiger partial charge < -0.3 is 18.9 Å². The number of carbonyl (C=O) groups is 1. The molecule has 6 nitrogen and oxygen atoms in total. The van der Waals surface area contributed by atoms with Crippen molar-refractivity contribution in [2.24, 2.45) is 0 Å². The fourth-order valence-electron chi connectivity index (χ4n) is 6.31. The van der Waals surface area contributed by atoms with Crippen LogP contribution in [0.15, 0.2) is 36.4 Å². The Kier molecular flexibility index (Phi) is 12.2. The summed E-state index contributed by atoms with van der Waals surface area (Å²) in [5.74, 6) is 1.88.